The SMILES string of the molecule is C=C/C=C(\C=C)CCNC(=O)C1CCNCC1. The Kier molecular flexibility index (Phi) is 6.33. The molecule has 2 N–H and O–H groups in total. The van der Waals surface area contributed by atoms with Crippen LogP contribution >= 0.6 is 0 Å². The van der Waals surface area contributed by atoms with Gasteiger partial charge in [0.2, 0.25) is 5.91 Å². The maximum absolute atomic E-state index is 11.8. The summed E-state index contributed by atoms with van der Waals surface area (Å²) in [5.74, 6) is 0.375. The van der Waals surface area contributed by atoms with Gasteiger partial charge in [-0.3, -0.25) is 4.79 Å². The van der Waals surface area contributed by atoms with Crippen LogP contribution in [-0.4, -0.2) is 25.5 Å². The molecule has 0 aromatic carbocycles. The second-order valence-electron chi connectivity index (χ2n) is 4.25. The molecule has 0 aromatic heterocycles. The van der Waals surface area contributed by atoms with Crippen molar-refractivity contribution in [2.24, 2.45) is 5.92 Å². The average Bonchev–Trinajstić information content (AvgIpc) is 2.38. The number of hydrogen-bond acceptors (Lipinski definition) is 2. The number of carbonyl (C=O) groups is 1. The first-order chi connectivity index (χ1) is 8.27. The van der Waals surface area contributed by atoms with Gasteiger partial charge in [0.05, 0.1) is 0 Å². The zero-order valence-electron chi connectivity index (χ0n) is 10.4. The number of amides is 1. The second kappa shape index (κ2) is 7.85. The van der Waals surface area contributed by atoms with Crippen LogP contribution in [0.5, 0.6) is 0 Å². The minimum Gasteiger partial charge on any atom is -0.356 e. The summed E-state index contributed by atoms with van der Waals surface area (Å²) < 4.78 is 0. The van der Waals surface area contributed by atoms with Crippen molar-refractivity contribution in [3.63, 3.8) is 0 Å². The first kappa shape index (κ1) is 13.7. The van der Waals surface area contributed by atoms with Gasteiger partial charge in [-0.15, -0.1) is 0 Å². The third-order valence-corrected chi connectivity index (χ3v) is 3.02. The van der Waals surface area contributed by atoms with E-state index in [-0.39, 0.29) is 11.8 Å². The summed E-state index contributed by atoms with van der Waals surface area (Å²) in [6, 6.07) is 0. The maximum atomic E-state index is 11.8. The van der Waals surface area contributed by atoms with E-state index in [1.807, 2.05) is 6.08 Å². The van der Waals surface area contributed by atoms with Gasteiger partial charge in [0.1, 0.15) is 0 Å². The number of hydrogen-bond donors (Lipinski definition) is 2. The Hall–Kier alpha value is -1.35. The molecule has 0 saturated carbocycles. The van der Waals surface area contributed by atoms with Gasteiger partial charge in [-0.05, 0) is 37.9 Å². The first-order valence-corrected chi connectivity index (χ1v) is 6.20. The molecule has 0 radical (unpaired) electrons. The largest absolute Gasteiger partial charge is 0.356 e. The number of piperidine rings is 1. The van der Waals surface area contributed by atoms with Crippen molar-refractivity contribution in [3.05, 3.63) is 37.0 Å². The molecule has 0 aliphatic carbocycles. The van der Waals surface area contributed by atoms with Crippen LogP contribution in [0, 0.1) is 5.92 Å². The molecule has 1 aliphatic rings. The van der Waals surface area contributed by atoms with E-state index in [1.165, 1.54) is 0 Å². The van der Waals surface area contributed by atoms with Crippen molar-refractivity contribution in [2.45, 2.75) is 19.3 Å². The van der Waals surface area contributed by atoms with E-state index in [0.29, 0.717) is 6.54 Å². The summed E-state index contributed by atoms with van der Waals surface area (Å²) in [7, 11) is 0. The van der Waals surface area contributed by atoms with E-state index in [9.17, 15) is 4.79 Å². The molecule has 17 heavy (non-hydrogen) atoms. The van der Waals surface area contributed by atoms with Crippen molar-refractivity contribution in [2.75, 3.05) is 19.6 Å². The molecule has 3 heteroatoms. The monoisotopic (exact) mass is 234 g/mol. The van der Waals surface area contributed by atoms with Gasteiger partial charge in [-0.2, -0.15) is 0 Å². The van der Waals surface area contributed by atoms with Crippen LogP contribution in [-0.2, 0) is 4.79 Å². The molecule has 1 heterocycles. The maximum Gasteiger partial charge on any atom is 0.223 e. The van der Waals surface area contributed by atoms with E-state index in [1.54, 1.807) is 12.2 Å². The van der Waals surface area contributed by atoms with Crippen molar-refractivity contribution in [1.82, 2.24) is 10.6 Å². The Labute approximate surface area is 104 Å². The summed E-state index contributed by atoms with van der Waals surface area (Å²) >= 11 is 0. The van der Waals surface area contributed by atoms with Crippen LogP contribution in [0.3, 0.4) is 0 Å². The lowest BCUT2D eigenvalue weighted by atomic mass is 9.97. The highest BCUT2D eigenvalue weighted by Crippen LogP contribution is 2.11. The smallest absolute Gasteiger partial charge is 0.223 e. The minimum atomic E-state index is 0.187. The van der Waals surface area contributed by atoms with Crippen molar-refractivity contribution < 1.29 is 4.79 Å². The Morgan fingerprint density at radius 1 is 1.35 bits per heavy atom. The lowest BCUT2D eigenvalue weighted by molar-refractivity contribution is -0.125. The predicted octanol–water partition coefficient (Wildman–Crippen LogP) is 1.79. The Bertz CT molecular complexity index is 301. The van der Waals surface area contributed by atoms with Crippen LogP contribution in [0.2, 0.25) is 0 Å². The number of carbonyl (C=O) groups excluding carboxylic acids is 1. The molecule has 0 aromatic rings. The third kappa shape index (κ3) is 5.00. The molecule has 3 nitrogen and oxygen atoms in total. The van der Waals surface area contributed by atoms with Gasteiger partial charge < -0.3 is 10.6 Å². The highest BCUT2D eigenvalue weighted by atomic mass is 16.1. The predicted molar refractivity (Wildman–Crippen MR) is 71.7 cm³/mol. The summed E-state index contributed by atoms with van der Waals surface area (Å²) in [6.07, 6.45) is 8.17. The zero-order valence-corrected chi connectivity index (χ0v) is 10.4. The first-order valence-electron chi connectivity index (χ1n) is 6.20. The Morgan fingerprint density at radius 2 is 2.06 bits per heavy atom. The molecule has 94 valence electrons. The van der Waals surface area contributed by atoms with Crippen LogP contribution in [0.15, 0.2) is 37.0 Å². The van der Waals surface area contributed by atoms with Crippen molar-refractivity contribution >= 4 is 5.91 Å². The Balaban J connectivity index is 2.25. The molecule has 1 saturated heterocycles. The summed E-state index contributed by atoms with van der Waals surface area (Å²) in [6.45, 7) is 9.95. The highest BCUT2D eigenvalue weighted by Gasteiger charge is 2.19. The van der Waals surface area contributed by atoms with Gasteiger partial charge in [0.25, 0.3) is 0 Å². The number of nitrogens with one attached hydrogen (secondary N) is 2. The third-order valence-electron chi connectivity index (χ3n) is 3.02. The standard InChI is InChI=1S/C14H22N2O/c1-3-5-12(4-2)6-11-16-14(17)13-7-9-15-10-8-13/h3-5,13,15H,1-2,6-11H2,(H,16,17)/b12-5+. The quantitative estimate of drug-likeness (QED) is 0.688. The second-order valence-corrected chi connectivity index (χ2v) is 4.25. The molecule has 0 bridgehead atoms. The van der Waals surface area contributed by atoms with Crippen LogP contribution in [0.1, 0.15) is 19.3 Å². The highest BCUT2D eigenvalue weighted by molar-refractivity contribution is 5.78. The van der Waals surface area contributed by atoms with Gasteiger partial charge in [0, 0.05) is 12.5 Å². The summed E-state index contributed by atoms with van der Waals surface area (Å²) in [5, 5.41) is 6.24. The van der Waals surface area contributed by atoms with E-state index in [0.717, 1.165) is 37.9 Å². The molecule has 0 spiro atoms. The molecule has 1 aliphatic heterocycles. The normalized spacial score (nSPS) is 17.5. The van der Waals surface area contributed by atoms with Gasteiger partial charge in [-0.25, -0.2) is 0 Å². The van der Waals surface area contributed by atoms with Crippen LogP contribution in [0.4, 0.5) is 0 Å². The van der Waals surface area contributed by atoms with E-state index in [2.05, 4.69) is 23.8 Å². The molecule has 1 amide bonds. The van der Waals surface area contributed by atoms with Gasteiger partial charge in [0.15, 0.2) is 0 Å². The minimum absolute atomic E-state index is 0.187. The average molecular weight is 234 g/mol. The molecular formula is C14H22N2O. The van der Waals surface area contributed by atoms with Crippen LogP contribution in [0.25, 0.3) is 0 Å². The fourth-order valence-electron chi connectivity index (χ4n) is 1.96. The topological polar surface area (TPSA) is 41.1 Å². The fourth-order valence-corrected chi connectivity index (χ4v) is 1.96. The van der Waals surface area contributed by atoms with E-state index < -0.39 is 0 Å². The van der Waals surface area contributed by atoms with Gasteiger partial charge >= 0.3 is 0 Å². The molecule has 1 fully saturated rings. The molecule has 0 atom stereocenters. The molecule has 0 unspecified atom stereocenters. The lowest BCUT2D eigenvalue weighted by Gasteiger charge is -2.21. The van der Waals surface area contributed by atoms with Gasteiger partial charge in [-0.1, -0.05) is 31.4 Å². The van der Waals surface area contributed by atoms with Crippen LogP contribution < -0.4 is 10.6 Å². The molecular weight excluding hydrogens is 212 g/mol. The number of allylic oxidation sites excluding steroid dienone is 3. The fraction of sp³-hybridized carbons (Fsp3) is 0.500. The van der Waals surface area contributed by atoms with Crippen molar-refractivity contribution in [3.8, 4) is 0 Å². The zero-order chi connectivity index (χ0) is 12.5. The molecule has 1 rings (SSSR count). The lowest BCUT2D eigenvalue weighted by Crippen LogP contribution is -2.38. The van der Waals surface area contributed by atoms with E-state index >= 15 is 0 Å². The van der Waals surface area contributed by atoms with Crippen molar-refractivity contribution in [1.29, 1.82) is 0 Å². The number of rotatable bonds is 6. The Morgan fingerprint density at radius 3 is 2.65 bits per heavy atom. The summed E-state index contributed by atoms with van der Waals surface area (Å²) in [4.78, 5) is 11.8. The van der Waals surface area contributed by atoms with E-state index in [4.69, 9.17) is 0 Å². The summed E-state index contributed by atoms with van der Waals surface area (Å²) in [5.41, 5.74) is 1.10.